The Hall–Kier alpha value is -2.28. The minimum absolute atomic E-state index is 0.792. The van der Waals surface area contributed by atoms with Gasteiger partial charge < -0.3 is 0 Å². The molecule has 0 aliphatic carbocycles. The van der Waals surface area contributed by atoms with Crippen molar-refractivity contribution in [3.63, 3.8) is 0 Å². The van der Waals surface area contributed by atoms with Crippen LogP contribution in [0.1, 0.15) is 0 Å². The third kappa shape index (κ3) is 2.60. The third-order valence-electron chi connectivity index (χ3n) is 3.17. The molecule has 0 saturated heterocycles. The molecule has 3 rings (SSSR count). The fourth-order valence-electron chi connectivity index (χ4n) is 2.25. The molecule has 0 heterocycles. The summed E-state index contributed by atoms with van der Waals surface area (Å²) >= 11 is 0. The standard InChI is InChI=1S/C18H13B/c19-18-12-16(14-7-3-1-4-8-14)11-17(13-18)15-9-5-2-6-10-15/h1-13H. The van der Waals surface area contributed by atoms with Gasteiger partial charge in [-0.25, -0.2) is 0 Å². The molecule has 0 aromatic heterocycles. The summed E-state index contributed by atoms with van der Waals surface area (Å²) in [5, 5.41) is 0. The molecule has 88 valence electrons. The van der Waals surface area contributed by atoms with E-state index in [1.807, 2.05) is 48.5 Å². The van der Waals surface area contributed by atoms with Crippen LogP contribution in [0.2, 0.25) is 0 Å². The van der Waals surface area contributed by atoms with Crippen LogP contribution in [-0.2, 0) is 0 Å². The summed E-state index contributed by atoms with van der Waals surface area (Å²) in [5.41, 5.74) is 5.47. The fraction of sp³-hybridized carbons (Fsp3) is 0. The third-order valence-corrected chi connectivity index (χ3v) is 3.17. The lowest BCUT2D eigenvalue weighted by atomic mass is 9.88. The van der Waals surface area contributed by atoms with Gasteiger partial charge in [0.05, 0.1) is 0 Å². The Kier molecular flexibility index (Phi) is 3.20. The van der Waals surface area contributed by atoms with Gasteiger partial charge in [-0.3, -0.25) is 0 Å². The van der Waals surface area contributed by atoms with Crippen molar-refractivity contribution >= 4 is 13.3 Å². The summed E-state index contributed by atoms with van der Waals surface area (Å²) in [5.74, 6) is 0. The molecule has 0 aliphatic heterocycles. The number of rotatable bonds is 2. The molecule has 0 unspecified atom stereocenters. The monoisotopic (exact) mass is 240 g/mol. The first-order chi connectivity index (χ1) is 9.33. The second-order valence-corrected chi connectivity index (χ2v) is 4.58. The first-order valence-electron chi connectivity index (χ1n) is 6.34. The molecule has 0 amide bonds. The van der Waals surface area contributed by atoms with E-state index in [0.29, 0.717) is 0 Å². The van der Waals surface area contributed by atoms with Crippen molar-refractivity contribution in [2.24, 2.45) is 0 Å². The van der Waals surface area contributed by atoms with Crippen LogP contribution in [0, 0.1) is 0 Å². The van der Waals surface area contributed by atoms with Gasteiger partial charge in [0.25, 0.3) is 0 Å². The Morgan fingerprint density at radius 3 is 1.32 bits per heavy atom. The second-order valence-electron chi connectivity index (χ2n) is 4.58. The maximum Gasteiger partial charge on any atom is 0.113 e. The average Bonchev–Trinajstić information content (AvgIpc) is 2.48. The van der Waals surface area contributed by atoms with Crippen LogP contribution in [-0.4, -0.2) is 7.85 Å². The van der Waals surface area contributed by atoms with Gasteiger partial charge in [0.1, 0.15) is 7.85 Å². The Morgan fingerprint density at radius 1 is 0.474 bits per heavy atom. The lowest BCUT2D eigenvalue weighted by Gasteiger charge is -2.08. The normalized spacial score (nSPS) is 10.3. The van der Waals surface area contributed by atoms with Gasteiger partial charge in [-0.15, -0.1) is 0 Å². The number of hydrogen-bond donors (Lipinski definition) is 0. The summed E-state index contributed by atoms with van der Waals surface area (Å²) in [6, 6.07) is 26.8. The van der Waals surface area contributed by atoms with Gasteiger partial charge in [-0.2, -0.15) is 0 Å². The Bertz CT molecular complexity index is 615. The van der Waals surface area contributed by atoms with Gasteiger partial charge in [0, 0.05) is 0 Å². The van der Waals surface area contributed by atoms with Crippen LogP contribution < -0.4 is 5.46 Å². The van der Waals surface area contributed by atoms with Gasteiger partial charge >= 0.3 is 0 Å². The van der Waals surface area contributed by atoms with Gasteiger partial charge in [-0.05, 0) is 28.3 Å². The van der Waals surface area contributed by atoms with Crippen molar-refractivity contribution in [1.29, 1.82) is 0 Å². The topological polar surface area (TPSA) is 0 Å². The van der Waals surface area contributed by atoms with Crippen molar-refractivity contribution < 1.29 is 0 Å². The van der Waals surface area contributed by atoms with Gasteiger partial charge in [-0.1, -0.05) is 78.3 Å². The van der Waals surface area contributed by atoms with Crippen LogP contribution in [0.3, 0.4) is 0 Å². The molecule has 2 radical (unpaired) electrons. The highest BCUT2D eigenvalue weighted by atomic mass is 14.1. The minimum Gasteiger partial charge on any atom is -0.0955 e. The number of hydrogen-bond acceptors (Lipinski definition) is 0. The molecule has 0 bridgehead atoms. The molecule has 0 saturated carbocycles. The van der Waals surface area contributed by atoms with Crippen molar-refractivity contribution in [3.05, 3.63) is 78.9 Å². The van der Waals surface area contributed by atoms with Crippen LogP contribution in [0.5, 0.6) is 0 Å². The van der Waals surface area contributed by atoms with Crippen LogP contribution >= 0.6 is 0 Å². The van der Waals surface area contributed by atoms with E-state index in [9.17, 15) is 0 Å². The summed E-state index contributed by atoms with van der Waals surface area (Å²) in [6.45, 7) is 0. The molecule has 0 nitrogen and oxygen atoms in total. The zero-order chi connectivity index (χ0) is 13.1. The van der Waals surface area contributed by atoms with Crippen molar-refractivity contribution in [3.8, 4) is 22.3 Å². The highest BCUT2D eigenvalue weighted by Gasteiger charge is 2.02. The van der Waals surface area contributed by atoms with E-state index in [1.165, 1.54) is 11.1 Å². The van der Waals surface area contributed by atoms with Gasteiger partial charge in [0.15, 0.2) is 0 Å². The lowest BCUT2D eigenvalue weighted by molar-refractivity contribution is 1.61. The molecule has 3 aromatic rings. The lowest BCUT2D eigenvalue weighted by Crippen LogP contribution is -2.02. The molecule has 0 aliphatic rings. The smallest absolute Gasteiger partial charge is 0.0955 e. The molecule has 0 atom stereocenters. The molecule has 3 aromatic carbocycles. The van der Waals surface area contributed by atoms with Crippen LogP contribution in [0.25, 0.3) is 22.3 Å². The van der Waals surface area contributed by atoms with Crippen molar-refractivity contribution in [2.75, 3.05) is 0 Å². The summed E-state index contributed by atoms with van der Waals surface area (Å²) in [6.07, 6.45) is 0. The second kappa shape index (κ2) is 5.15. The SMILES string of the molecule is [B]c1cc(-c2ccccc2)cc(-c2ccccc2)c1. The first kappa shape index (κ1) is 11.8. The van der Waals surface area contributed by atoms with Crippen LogP contribution in [0.4, 0.5) is 0 Å². The zero-order valence-corrected chi connectivity index (χ0v) is 10.6. The Morgan fingerprint density at radius 2 is 0.895 bits per heavy atom. The molecule has 0 N–H and O–H groups in total. The quantitative estimate of drug-likeness (QED) is 0.597. The van der Waals surface area contributed by atoms with E-state index in [4.69, 9.17) is 7.85 Å². The summed E-state index contributed by atoms with van der Waals surface area (Å²) < 4.78 is 0. The van der Waals surface area contributed by atoms with E-state index < -0.39 is 0 Å². The fourth-order valence-corrected chi connectivity index (χ4v) is 2.25. The van der Waals surface area contributed by atoms with Crippen molar-refractivity contribution in [1.82, 2.24) is 0 Å². The molecule has 0 fully saturated rings. The molecular weight excluding hydrogens is 227 g/mol. The van der Waals surface area contributed by atoms with E-state index in [1.54, 1.807) is 0 Å². The highest BCUT2D eigenvalue weighted by molar-refractivity contribution is 6.33. The minimum atomic E-state index is 0.792. The largest absolute Gasteiger partial charge is 0.113 e. The van der Waals surface area contributed by atoms with Crippen LogP contribution in [0.15, 0.2) is 78.9 Å². The molecule has 0 spiro atoms. The maximum atomic E-state index is 6.03. The number of benzene rings is 3. The molecule has 1 heteroatoms. The zero-order valence-electron chi connectivity index (χ0n) is 10.6. The average molecular weight is 240 g/mol. The Labute approximate surface area is 115 Å². The molecular formula is C18H13B. The predicted molar refractivity (Wildman–Crippen MR) is 82.7 cm³/mol. The Balaban J connectivity index is 2.12. The van der Waals surface area contributed by atoms with E-state index >= 15 is 0 Å². The van der Waals surface area contributed by atoms with Gasteiger partial charge in [0.2, 0.25) is 0 Å². The predicted octanol–water partition coefficient (Wildman–Crippen LogP) is 3.81. The van der Waals surface area contributed by atoms with E-state index in [-0.39, 0.29) is 0 Å². The van der Waals surface area contributed by atoms with E-state index in [0.717, 1.165) is 16.6 Å². The first-order valence-corrected chi connectivity index (χ1v) is 6.34. The highest BCUT2D eigenvalue weighted by Crippen LogP contribution is 2.24. The maximum absolute atomic E-state index is 6.03. The molecule has 19 heavy (non-hydrogen) atoms. The summed E-state index contributed by atoms with van der Waals surface area (Å²) in [7, 11) is 6.03. The summed E-state index contributed by atoms with van der Waals surface area (Å²) in [4.78, 5) is 0. The van der Waals surface area contributed by atoms with Crippen molar-refractivity contribution in [2.45, 2.75) is 0 Å². The van der Waals surface area contributed by atoms with E-state index in [2.05, 4.69) is 30.3 Å².